The molecule has 0 spiro atoms. The summed E-state index contributed by atoms with van der Waals surface area (Å²) in [5, 5.41) is 0. The van der Waals surface area contributed by atoms with Crippen molar-refractivity contribution >= 4 is 11.9 Å². The van der Waals surface area contributed by atoms with E-state index < -0.39 is 17.7 Å². The fourth-order valence-electron chi connectivity index (χ4n) is 3.45. The number of carbonyl (C=O) groups excluding carboxylic acids is 2. The number of esters is 1. The van der Waals surface area contributed by atoms with Crippen LogP contribution in [0.5, 0.6) is 0 Å². The molecule has 1 saturated heterocycles. The van der Waals surface area contributed by atoms with Gasteiger partial charge in [-0.15, -0.1) is 0 Å². The molecule has 1 aromatic carbocycles. The Bertz CT molecular complexity index is 621. The van der Waals surface area contributed by atoms with Gasteiger partial charge in [0.05, 0.1) is 0 Å². The van der Waals surface area contributed by atoms with E-state index in [1.165, 1.54) is 4.90 Å². The van der Waals surface area contributed by atoms with E-state index in [1.807, 2.05) is 65.0 Å². The van der Waals surface area contributed by atoms with Crippen molar-refractivity contribution in [2.75, 3.05) is 13.7 Å². The smallest absolute Gasteiger partial charge is 0.329 e. The quantitative estimate of drug-likeness (QED) is 0.755. The van der Waals surface area contributed by atoms with Crippen LogP contribution >= 0.6 is 0 Å². The van der Waals surface area contributed by atoms with E-state index >= 15 is 0 Å². The van der Waals surface area contributed by atoms with Gasteiger partial charge in [-0.3, -0.25) is 4.79 Å². The number of amides is 1. The lowest BCUT2D eigenvalue weighted by molar-refractivity contribution is -0.168. The summed E-state index contributed by atoms with van der Waals surface area (Å²) in [5.41, 5.74) is 0.500. The number of carbonyl (C=O) groups is 2. The summed E-state index contributed by atoms with van der Waals surface area (Å²) < 4.78 is 11.3. The monoisotopic (exact) mass is 361 g/mol. The first-order valence-electron chi connectivity index (χ1n) is 9.28. The lowest BCUT2D eigenvalue weighted by Gasteiger charge is -2.34. The molecule has 0 aromatic heterocycles. The molecule has 0 unspecified atom stereocenters. The predicted octanol–water partition coefficient (Wildman–Crippen LogP) is 3.38. The Morgan fingerprint density at radius 3 is 2.35 bits per heavy atom. The molecule has 5 heteroatoms. The highest BCUT2D eigenvalue weighted by Gasteiger charge is 2.41. The highest BCUT2D eigenvalue weighted by atomic mass is 16.6. The van der Waals surface area contributed by atoms with Gasteiger partial charge in [-0.1, -0.05) is 44.2 Å². The van der Waals surface area contributed by atoms with Crippen LogP contribution in [-0.4, -0.2) is 48.2 Å². The van der Waals surface area contributed by atoms with Crippen LogP contribution in [0.4, 0.5) is 0 Å². The van der Waals surface area contributed by atoms with Gasteiger partial charge >= 0.3 is 5.97 Å². The molecule has 1 amide bonds. The van der Waals surface area contributed by atoms with E-state index in [0.717, 1.165) is 12.0 Å². The van der Waals surface area contributed by atoms with Crippen LogP contribution in [0.2, 0.25) is 0 Å². The molecule has 3 atom stereocenters. The average Bonchev–Trinajstić information content (AvgIpc) is 3.02. The Labute approximate surface area is 156 Å². The van der Waals surface area contributed by atoms with E-state index in [1.54, 1.807) is 7.05 Å². The lowest BCUT2D eigenvalue weighted by Crippen LogP contribution is -2.51. The normalized spacial score (nSPS) is 21.5. The van der Waals surface area contributed by atoms with E-state index in [0.29, 0.717) is 6.61 Å². The van der Waals surface area contributed by atoms with Crippen molar-refractivity contribution in [1.82, 2.24) is 4.90 Å². The van der Waals surface area contributed by atoms with Crippen molar-refractivity contribution in [2.45, 2.75) is 64.7 Å². The third-order valence-corrected chi connectivity index (χ3v) is 4.61. The zero-order valence-corrected chi connectivity index (χ0v) is 16.7. The van der Waals surface area contributed by atoms with Crippen molar-refractivity contribution in [3.63, 3.8) is 0 Å². The maximum atomic E-state index is 13.1. The molecule has 1 heterocycles. The molecule has 0 saturated carbocycles. The maximum absolute atomic E-state index is 13.1. The molecule has 2 rings (SSSR count). The summed E-state index contributed by atoms with van der Waals surface area (Å²) in [6.45, 7) is 9.87. The SMILES string of the molecule is CC(C)[C@@H](C(=O)OC(C)(C)C)N(C)C(=O)[C@@H]1OCC[C@@H]1c1ccccc1. The van der Waals surface area contributed by atoms with Crippen LogP contribution in [-0.2, 0) is 19.1 Å². The molecule has 1 aliphatic rings. The summed E-state index contributed by atoms with van der Waals surface area (Å²) in [6.07, 6.45) is 0.235. The fourth-order valence-corrected chi connectivity index (χ4v) is 3.45. The van der Waals surface area contributed by atoms with Crippen molar-refractivity contribution < 1.29 is 19.1 Å². The number of hydrogen-bond donors (Lipinski definition) is 0. The van der Waals surface area contributed by atoms with Crippen molar-refractivity contribution in [3.05, 3.63) is 35.9 Å². The van der Waals surface area contributed by atoms with Crippen LogP contribution in [0.3, 0.4) is 0 Å². The predicted molar refractivity (Wildman–Crippen MR) is 101 cm³/mol. The van der Waals surface area contributed by atoms with Crippen LogP contribution in [0.1, 0.15) is 52.5 Å². The summed E-state index contributed by atoms with van der Waals surface area (Å²) in [6, 6.07) is 9.30. The van der Waals surface area contributed by atoms with Crippen LogP contribution in [0.15, 0.2) is 30.3 Å². The topological polar surface area (TPSA) is 55.8 Å². The lowest BCUT2D eigenvalue weighted by atomic mass is 9.91. The molecule has 1 aliphatic heterocycles. The molecular weight excluding hydrogens is 330 g/mol. The largest absolute Gasteiger partial charge is 0.458 e. The van der Waals surface area contributed by atoms with Crippen LogP contribution < -0.4 is 0 Å². The van der Waals surface area contributed by atoms with Gasteiger partial charge in [-0.2, -0.15) is 0 Å². The first-order valence-corrected chi connectivity index (χ1v) is 9.28. The average molecular weight is 361 g/mol. The molecule has 0 radical (unpaired) electrons. The number of hydrogen-bond acceptors (Lipinski definition) is 4. The first kappa shape index (κ1) is 20.4. The zero-order valence-electron chi connectivity index (χ0n) is 16.7. The summed E-state index contributed by atoms with van der Waals surface area (Å²) in [7, 11) is 1.67. The standard InChI is InChI=1S/C21H31NO4/c1-14(2)17(20(24)26-21(3,4)5)22(6)19(23)18-16(12-13-25-18)15-10-8-7-9-11-15/h7-11,14,16-18H,12-13H2,1-6H3/t16-,17+,18-/m1/s1. The third-order valence-electron chi connectivity index (χ3n) is 4.61. The van der Waals surface area contributed by atoms with Gasteiger partial charge < -0.3 is 14.4 Å². The first-order chi connectivity index (χ1) is 12.1. The maximum Gasteiger partial charge on any atom is 0.329 e. The van der Waals surface area contributed by atoms with Gasteiger partial charge in [0.25, 0.3) is 5.91 Å². The summed E-state index contributed by atoms with van der Waals surface area (Å²) >= 11 is 0. The van der Waals surface area contributed by atoms with E-state index in [2.05, 4.69) is 0 Å². The second-order valence-electron chi connectivity index (χ2n) is 8.27. The minimum Gasteiger partial charge on any atom is -0.458 e. The second-order valence-corrected chi connectivity index (χ2v) is 8.27. The minimum atomic E-state index is -0.637. The minimum absolute atomic E-state index is 0.0117. The highest BCUT2D eigenvalue weighted by molar-refractivity contribution is 5.88. The van der Waals surface area contributed by atoms with Gasteiger partial charge in [-0.25, -0.2) is 4.79 Å². The van der Waals surface area contributed by atoms with Gasteiger partial charge in [0.15, 0.2) is 0 Å². The van der Waals surface area contributed by atoms with Crippen LogP contribution in [0, 0.1) is 5.92 Å². The van der Waals surface area contributed by atoms with Gasteiger partial charge in [0.1, 0.15) is 17.7 Å². The second kappa shape index (κ2) is 8.21. The Balaban J connectivity index is 2.18. The zero-order chi connectivity index (χ0) is 19.5. The molecule has 0 N–H and O–H groups in total. The van der Waals surface area contributed by atoms with E-state index in [-0.39, 0.29) is 23.7 Å². The van der Waals surface area contributed by atoms with Crippen molar-refractivity contribution in [1.29, 1.82) is 0 Å². The molecule has 5 nitrogen and oxygen atoms in total. The van der Waals surface area contributed by atoms with Crippen molar-refractivity contribution in [2.24, 2.45) is 5.92 Å². The molecule has 1 fully saturated rings. The van der Waals surface area contributed by atoms with Crippen molar-refractivity contribution in [3.8, 4) is 0 Å². The molecule has 1 aromatic rings. The molecule has 26 heavy (non-hydrogen) atoms. The molecule has 144 valence electrons. The van der Waals surface area contributed by atoms with Gasteiger partial charge in [-0.05, 0) is 38.7 Å². The van der Waals surface area contributed by atoms with Gasteiger partial charge in [0.2, 0.25) is 0 Å². The summed E-state index contributed by atoms with van der Waals surface area (Å²) in [5.74, 6) is -0.591. The number of likely N-dealkylation sites (N-methyl/N-ethyl adjacent to an activating group) is 1. The molecular formula is C21H31NO4. The van der Waals surface area contributed by atoms with E-state index in [9.17, 15) is 9.59 Å². The summed E-state index contributed by atoms with van der Waals surface area (Å²) in [4.78, 5) is 27.3. The Hall–Kier alpha value is -1.88. The molecule has 0 bridgehead atoms. The Kier molecular flexibility index (Phi) is 6.45. The number of benzene rings is 1. The third kappa shape index (κ3) is 4.85. The fraction of sp³-hybridized carbons (Fsp3) is 0.619. The Morgan fingerprint density at radius 2 is 1.81 bits per heavy atom. The number of nitrogens with zero attached hydrogens (tertiary/aromatic N) is 1. The number of ether oxygens (including phenoxy) is 2. The van der Waals surface area contributed by atoms with Crippen LogP contribution in [0.25, 0.3) is 0 Å². The molecule has 0 aliphatic carbocycles. The number of rotatable bonds is 5. The highest BCUT2D eigenvalue weighted by Crippen LogP contribution is 2.33. The van der Waals surface area contributed by atoms with E-state index in [4.69, 9.17) is 9.47 Å². The Morgan fingerprint density at radius 1 is 1.19 bits per heavy atom. The van der Waals surface area contributed by atoms with Gasteiger partial charge in [0, 0.05) is 19.6 Å².